The molecule has 0 saturated heterocycles. The SMILES string of the molecule is CC(C)NCc1cc(Cl)ccc1N(C)CCc1cccs1. The number of anilines is 1. The number of hydrogen-bond donors (Lipinski definition) is 1. The van der Waals surface area contributed by atoms with Gasteiger partial charge in [-0.25, -0.2) is 0 Å². The molecule has 0 spiro atoms. The van der Waals surface area contributed by atoms with Gasteiger partial charge >= 0.3 is 0 Å². The van der Waals surface area contributed by atoms with Crippen molar-refractivity contribution in [1.82, 2.24) is 5.32 Å². The Kier molecular flexibility index (Phi) is 6.09. The summed E-state index contributed by atoms with van der Waals surface area (Å²) in [5.41, 5.74) is 2.51. The summed E-state index contributed by atoms with van der Waals surface area (Å²) in [6, 6.07) is 10.9. The smallest absolute Gasteiger partial charge is 0.0410 e. The maximum Gasteiger partial charge on any atom is 0.0410 e. The van der Waals surface area contributed by atoms with Gasteiger partial charge in [0.25, 0.3) is 0 Å². The molecule has 2 aromatic rings. The van der Waals surface area contributed by atoms with E-state index >= 15 is 0 Å². The first-order valence-corrected chi connectivity index (χ1v) is 8.57. The highest BCUT2D eigenvalue weighted by molar-refractivity contribution is 7.09. The van der Waals surface area contributed by atoms with E-state index in [0.29, 0.717) is 6.04 Å². The fraction of sp³-hybridized carbons (Fsp3) is 0.412. The van der Waals surface area contributed by atoms with Crippen molar-refractivity contribution in [3.8, 4) is 0 Å². The third-order valence-corrected chi connectivity index (χ3v) is 4.60. The van der Waals surface area contributed by atoms with Gasteiger partial charge in [0, 0.05) is 41.8 Å². The van der Waals surface area contributed by atoms with Crippen molar-refractivity contribution in [2.24, 2.45) is 0 Å². The highest BCUT2D eigenvalue weighted by atomic mass is 35.5. The van der Waals surface area contributed by atoms with Crippen LogP contribution in [0.5, 0.6) is 0 Å². The van der Waals surface area contributed by atoms with Gasteiger partial charge in [0.2, 0.25) is 0 Å². The zero-order valence-corrected chi connectivity index (χ0v) is 14.5. The largest absolute Gasteiger partial charge is 0.374 e. The van der Waals surface area contributed by atoms with Gasteiger partial charge in [0.15, 0.2) is 0 Å². The van der Waals surface area contributed by atoms with Crippen LogP contribution >= 0.6 is 22.9 Å². The minimum atomic E-state index is 0.466. The molecule has 0 aliphatic rings. The first-order chi connectivity index (χ1) is 10.1. The second-order valence-corrected chi connectivity index (χ2v) is 7.03. The summed E-state index contributed by atoms with van der Waals surface area (Å²) in [6.07, 6.45) is 1.08. The van der Waals surface area contributed by atoms with Gasteiger partial charge in [0.05, 0.1) is 0 Å². The van der Waals surface area contributed by atoms with Gasteiger partial charge in [-0.3, -0.25) is 0 Å². The Morgan fingerprint density at radius 2 is 2.10 bits per heavy atom. The monoisotopic (exact) mass is 322 g/mol. The fourth-order valence-corrected chi connectivity index (χ4v) is 3.13. The summed E-state index contributed by atoms with van der Waals surface area (Å²) in [6.45, 7) is 6.17. The molecule has 1 aromatic carbocycles. The Bertz CT molecular complexity index is 552. The van der Waals surface area contributed by atoms with Crippen molar-refractivity contribution in [3.63, 3.8) is 0 Å². The van der Waals surface area contributed by atoms with E-state index in [1.165, 1.54) is 16.1 Å². The molecule has 0 amide bonds. The van der Waals surface area contributed by atoms with Gasteiger partial charge in [0.1, 0.15) is 0 Å². The standard InChI is InChI=1S/C17H23ClN2S/c1-13(2)19-12-14-11-15(18)6-7-17(14)20(3)9-8-16-5-4-10-21-16/h4-7,10-11,13,19H,8-9,12H2,1-3H3. The van der Waals surface area contributed by atoms with Crippen molar-refractivity contribution < 1.29 is 0 Å². The van der Waals surface area contributed by atoms with E-state index < -0.39 is 0 Å². The average Bonchev–Trinajstić information content (AvgIpc) is 2.96. The van der Waals surface area contributed by atoms with Crippen LogP contribution in [0.15, 0.2) is 35.7 Å². The van der Waals surface area contributed by atoms with E-state index in [-0.39, 0.29) is 0 Å². The molecule has 0 atom stereocenters. The lowest BCUT2D eigenvalue weighted by molar-refractivity contribution is 0.588. The molecule has 0 aliphatic heterocycles. The molecule has 4 heteroatoms. The summed E-state index contributed by atoms with van der Waals surface area (Å²) in [5, 5.41) is 6.40. The average molecular weight is 323 g/mol. The molecule has 0 unspecified atom stereocenters. The van der Waals surface area contributed by atoms with Crippen LogP contribution in [0.3, 0.4) is 0 Å². The van der Waals surface area contributed by atoms with Crippen LogP contribution in [0.25, 0.3) is 0 Å². The van der Waals surface area contributed by atoms with Crippen molar-refractivity contribution in [2.75, 3.05) is 18.5 Å². The lowest BCUT2D eigenvalue weighted by Crippen LogP contribution is -2.25. The van der Waals surface area contributed by atoms with Crippen LogP contribution in [0.4, 0.5) is 5.69 Å². The van der Waals surface area contributed by atoms with Crippen LogP contribution in [-0.4, -0.2) is 19.6 Å². The Morgan fingerprint density at radius 1 is 1.29 bits per heavy atom. The van der Waals surface area contributed by atoms with Gasteiger partial charge in [-0.1, -0.05) is 31.5 Å². The minimum Gasteiger partial charge on any atom is -0.374 e. The molecule has 0 saturated carbocycles. The zero-order chi connectivity index (χ0) is 15.2. The molecule has 0 radical (unpaired) electrons. The third-order valence-electron chi connectivity index (χ3n) is 3.43. The topological polar surface area (TPSA) is 15.3 Å². The maximum absolute atomic E-state index is 6.15. The van der Waals surface area contributed by atoms with Crippen LogP contribution in [-0.2, 0) is 13.0 Å². The highest BCUT2D eigenvalue weighted by Gasteiger charge is 2.09. The number of rotatable bonds is 7. The zero-order valence-electron chi connectivity index (χ0n) is 12.9. The van der Waals surface area contributed by atoms with Crippen LogP contribution in [0.1, 0.15) is 24.3 Å². The second-order valence-electron chi connectivity index (χ2n) is 5.56. The molecular formula is C17H23ClN2S. The van der Waals surface area contributed by atoms with E-state index in [2.05, 4.69) is 60.8 Å². The number of halogens is 1. The number of likely N-dealkylation sites (N-methyl/N-ethyl adjacent to an activating group) is 1. The fourth-order valence-electron chi connectivity index (χ4n) is 2.24. The number of thiophene rings is 1. The predicted molar refractivity (Wildman–Crippen MR) is 94.7 cm³/mol. The summed E-state index contributed by atoms with van der Waals surface area (Å²) in [5.74, 6) is 0. The van der Waals surface area contributed by atoms with Crippen molar-refractivity contribution in [3.05, 3.63) is 51.2 Å². The normalized spacial score (nSPS) is 11.1. The van der Waals surface area contributed by atoms with Crippen LogP contribution < -0.4 is 10.2 Å². The predicted octanol–water partition coefficient (Wildman–Crippen LogP) is 4.58. The number of nitrogens with zero attached hydrogens (tertiary/aromatic N) is 1. The maximum atomic E-state index is 6.15. The Hall–Kier alpha value is -1.03. The molecule has 1 heterocycles. The lowest BCUT2D eigenvalue weighted by Gasteiger charge is -2.23. The van der Waals surface area contributed by atoms with Gasteiger partial charge in [-0.15, -0.1) is 11.3 Å². The van der Waals surface area contributed by atoms with Gasteiger partial charge < -0.3 is 10.2 Å². The molecule has 2 rings (SSSR count). The van der Waals surface area contributed by atoms with Crippen LogP contribution in [0.2, 0.25) is 5.02 Å². The van der Waals surface area contributed by atoms with E-state index in [4.69, 9.17) is 11.6 Å². The van der Waals surface area contributed by atoms with Gasteiger partial charge in [-0.05, 0) is 41.6 Å². The van der Waals surface area contributed by atoms with Crippen molar-refractivity contribution in [2.45, 2.75) is 32.9 Å². The second kappa shape index (κ2) is 7.83. The third kappa shape index (κ3) is 5.03. The number of benzene rings is 1. The van der Waals surface area contributed by atoms with E-state index in [9.17, 15) is 0 Å². The van der Waals surface area contributed by atoms with E-state index in [0.717, 1.165) is 24.5 Å². The molecular weight excluding hydrogens is 300 g/mol. The Balaban J connectivity index is 2.05. The summed E-state index contributed by atoms with van der Waals surface area (Å²) in [7, 11) is 2.15. The lowest BCUT2D eigenvalue weighted by atomic mass is 10.1. The van der Waals surface area contributed by atoms with Gasteiger partial charge in [-0.2, -0.15) is 0 Å². The van der Waals surface area contributed by atoms with Crippen molar-refractivity contribution in [1.29, 1.82) is 0 Å². The van der Waals surface area contributed by atoms with Crippen LogP contribution in [0, 0.1) is 0 Å². The van der Waals surface area contributed by atoms with E-state index in [1.807, 2.05) is 17.4 Å². The summed E-state index contributed by atoms with van der Waals surface area (Å²) >= 11 is 7.97. The van der Waals surface area contributed by atoms with E-state index in [1.54, 1.807) is 0 Å². The van der Waals surface area contributed by atoms with Crippen molar-refractivity contribution >= 4 is 28.6 Å². The summed E-state index contributed by atoms with van der Waals surface area (Å²) in [4.78, 5) is 3.74. The quantitative estimate of drug-likeness (QED) is 0.802. The number of nitrogens with one attached hydrogen (secondary N) is 1. The first-order valence-electron chi connectivity index (χ1n) is 7.31. The molecule has 2 nitrogen and oxygen atoms in total. The summed E-state index contributed by atoms with van der Waals surface area (Å²) < 4.78 is 0. The first kappa shape index (κ1) is 16.3. The Morgan fingerprint density at radius 3 is 2.76 bits per heavy atom. The molecule has 114 valence electrons. The molecule has 0 fully saturated rings. The minimum absolute atomic E-state index is 0.466. The molecule has 1 N–H and O–H groups in total. The molecule has 1 aromatic heterocycles. The highest BCUT2D eigenvalue weighted by Crippen LogP contribution is 2.24. The molecule has 21 heavy (non-hydrogen) atoms. The Labute approximate surface area is 136 Å². The molecule has 0 bridgehead atoms. The molecule has 0 aliphatic carbocycles. The number of hydrogen-bond acceptors (Lipinski definition) is 3.